The van der Waals surface area contributed by atoms with E-state index in [1.54, 1.807) is 0 Å². The molecule has 3 aromatic rings. The van der Waals surface area contributed by atoms with Crippen molar-refractivity contribution in [3.63, 3.8) is 0 Å². The number of H-pyrrole nitrogens is 1. The Morgan fingerprint density at radius 1 is 1.20 bits per heavy atom. The second kappa shape index (κ2) is 7.19. The molecular formula is C20H21ClN2O2. The maximum atomic E-state index is 11.7. The Morgan fingerprint density at radius 3 is 2.56 bits per heavy atom. The summed E-state index contributed by atoms with van der Waals surface area (Å²) in [4.78, 5) is 14.8. The molecule has 3 N–H and O–H groups in total. The van der Waals surface area contributed by atoms with Crippen LogP contribution in [-0.4, -0.2) is 17.5 Å². The summed E-state index contributed by atoms with van der Waals surface area (Å²) in [5, 5.41) is 1.81. The molecule has 1 amide bonds. The van der Waals surface area contributed by atoms with Crippen LogP contribution in [0.2, 0.25) is 5.02 Å². The molecule has 1 heterocycles. The van der Waals surface area contributed by atoms with Gasteiger partial charge in [0.1, 0.15) is 11.4 Å². The number of carbonyl (C=O) groups is 1. The van der Waals surface area contributed by atoms with E-state index in [2.05, 4.69) is 4.98 Å². The molecule has 0 fully saturated rings. The lowest BCUT2D eigenvalue weighted by Crippen LogP contribution is -2.14. The monoisotopic (exact) mass is 356 g/mol. The van der Waals surface area contributed by atoms with Crippen LogP contribution in [0.4, 0.5) is 0 Å². The van der Waals surface area contributed by atoms with Crippen LogP contribution < -0.4 is 10.5 Å². The second-order valence-electron chi connectivity index (χ2n) is 6.21. The van der Waals surface area contributed by atoms with Gasteiger partial charge in [-0.3, -0.25) is 4.79 Å². The van der Waals surface area contributed by atoms with Gasteiger partial charge in [-0.1, -0.05) is 29.8 Å². The first kappa shape index (κ1) is 17.4. The molecule has 2 aromatic carbocycles. The number of carbonyl (C=O) groups excluding carboxylic acids is 1. The van der Waals surface area contributed by atoms with Crippen LogP contribution in [0.1, 0.15) is 33.6 Å². The van der Waals surface area contributed by atoms with Crippen LogP contribution >= 0.6 is 11.6 Å². The quantitative estimate of drug-likeness (QED) is 0.636. The molecule has 3 rings (SSSR count). The third-order valence-electron chi connectivity index (χ3n) is 4.31. The number of hydrogen-bond acceptors (Lipinski definition) is 2. The molecule has 4 nitrogen and oxygen atoms in total. The fourth-order valence-electron chi connectivity index (χ4n) is 3.10. The fourth-order valence-corrected chi connectivity index (χ4v) is 3.21. The highest BCUT2D eigenvalue weighted by atomic mass is 35.5. The van der Waals surface area contributed by atoms with E-state index in [1.807, 2.05) is 50.2 Å². The minimum absolute atomic E-state index is 0.434. The van der Waals surface area contributed by atoms with Crippen LogP contribution in [-0.2, 0) is 6.42 Å². The summed E-state index contributed by atoms with van der Waals surface area (Å²) in [5.74, 6) is 0.379. The van der Waals surface area contributed by atoms with E-state index in [1.165, 1.54) is 0 Å². The summed E-state index contributed by atoms with van der Waals surface area (Å²) in [6, 6.07) is 11.7. The Morgan fingerprint density at radius 2 is 1.88 bits per heavy atom. The van der Waals surface area contributed by atoms with Gasteiger partial charge >= 0.3 is 0 Å². The molecule has 1 aromatic heterocycles. The Kier molecular flexibility index (Phi) is 5.00. The number of aromatic nitrogens is 1. The zero-order valence-corrected chi connectivity index (χ0v) is 15.1. The first-order chi connectivity index (χ1) is 12.0. The zero-order valence-electron chi connectivity index (χ0n) is 14.4. The van der Waals surface area contributed by atoms with E-state index in [4.69, 9.17) is 22.1 Å². The lowest BCUT2D eigenvalue weighted by atomic mass is 10.1. The maximum Gasteiger partial charge on any atom is 0.265 e. The van der Waals surface area contributed by atoms with Crippen molar-refractivity contribution in [2.75, 3.05) is 6.61 Å². The van der Waals surface area contributed by atoms with Gasteiger partial charge in [-0.15, -0.1) is 0 Å². The molecule has 0 aliphatic carbocycles. The van der Waals surface area contributed by atoms with Crippen molar-refractivity contribution < 1.29 is 9.53 Å². The number of amides is 1. The van der Waals surface area contributed by atoms with Gasteiger partial charge in [-0.05, 0) is 61.6 Å². The van der Waals surface area contributed by atoms with Gasteiger partial charge in [0.05, 0.1) is 6.61 Å². The van der Waals surface area contributed by atoms with E-state index in [0.29, 0.717) is 18.7 Å². The number of aromatic amines is 1. The smallest absolute Gasteiger partial charge is 0.265 e. The van der Waals surface area contributed by atoms with E-state index in [9.17, 15) is 4.79 Å². The third kappa shape index (κ3) is 3.64. The highest BCUT2D eigenvalue weighted by Crippen LogP contribution is 2.27. The summed E-state index contributed by atoms with van der Waals surface area (Å²) in [5.41, 5.74) is 9.88. The number of benzene rings is 2. The lowest BCUT2D eigenvalue weighted by molar-refractivity contribution is 0.0995. The van der Waals surface area contributed by atoms with Crippen LogP contribution in [0.5, 0.6) is 5.75 Å². The summed E-state index contributed by atoms with van der Waals surface area (Å²) >= 11 is 6.18. The number of fused-ring (bicyclic) bond motifs is 1. The molecule has 0 aliphatic rings. The first-order valence-corrected chi connectivity index (χ1v) is 8.64. The van der Waals surface area contributed by atoms with Gasteiger partial charge < -0.3 is 15.5 Å². The predicted molar refractivity (Wildman–Crippen MR) is 102 cm³/mol. The maximum absolute atomic E-state index is 11.7. The van der Waals surface area contributed by atoms with E-state index in [-0.39, 0.29) is 0 Å². The van der Waals surface area contributed by atoms with Crippen molar-refractivity contribution in [1.82, 2.24) is 4.98 Å². The van der Waals surface area contributed by atoms with E-state index in [0.717, 1.165) is 44.8 Å². The topological polar surface area (TPSA) is 68.1 Å². The van der Waals surface area contributed by atoms with Crippen molar-refractivity contribution >= 4 is 28.4 Å². The first-order valence-electron chi connectivity index (χ1n) is 8.26. The van der Waals surface area contributed by atoms with Crippen LogP contribution in [0.15, 0.2) is 36.4 Å². The number of nitrogens with one attached hydrogen (secondary N) is 1. The van der Waals surface area contributed by atoms with Crippen LogP contribution in [0.25, 0.3) is 10.9 Å². The van der Waals surface area contributed by atoms with Crippen molar-refractivity contribution in [2.45, 2.75) is 26.7 Å². The Labute approximate surface area is 151 Å². The number of rotatable bonds is 6. The normalized spacial score (nSPS) is 11.0. The molecule has 0 radical (unpaired) electrons. The Hall–Kier alpha value is -2.46. The van der Waals surface area contributed by atoms with E-state index >= 15 is 0 Å². The van der Waals surface area contributed by atoms with Gasteiger partial charge in [0.15, 0.2) is 0 Å². The molecular weight excluding hydrogens is 336 g/mol. The summed E-state index contributed by atoms with van der Waals surface area (Å²) in [6.07, 6.45) is 1.50. The molecule has 0 saturated heterocycles. The molecule has 0 unspecified atom stereocenters. The van der Waals surface area contributed by atoms with Gasteiger partial charge in [0, 0.05) is 15.9 Å². The molecule has 0 atom stereocenters. The summed E-state index contributed by atoms with van der Waals surface area (Å²) < 4.78 is 5.85. The average Bonchev–Trinajstić information content (AvgIpc) is 2.95. The number of ether oxygens (including phenoxy) is 1. The minimum Gasteiger partial charge on any atom is -0.494 e. The molecule has 0 bridgehead atoms. The van der Waals surface area contributed by atoms with Crippen molar-refractivity contribution in [2.24, 2.45) is 5.73 Å². The molecule has 0 saturated carbocycles. The Balaban J connectivity index is 1.69. The largest absolute Gasteiger partial charge is 0.494 e. The minimum atomic E-state index is -0.434. The number of halogens is 1. The van der Waals surface area contributed by atoms with Gasteiger partial charge in [-0.25, -0.2) is 0 Å². The van der Waals surface area contributed by atoms with Crippen molar-refractivity contribution in [3.8, 4) is 5.75 Å². The highest BCUT2D eigenvalue weighted by molar-refractivity contribution is 6.32. The van der Waals surface area contributed by atoms with Crippen LogP contribution in [0, 0.1) is 13.8 Å². The van der Waals surface area contributed by atoms with E-state index < -0.39 is 5.91 Å². The highest BCUT2D eigenvalue weighted by Gasteiger charge is 2.15. The molecule has 5 heteroatoms. The zero-order chi connectivity index (χ0) is 18.0. The standard InChI is InChI=1S/C20H21ClN2O2/c1-12-10-14(11-13(2)18(12)21)25-9-5-7-16-15-6-3-4-8-17(15)23-19(16)20(22)24/h3-4,6,8,10-11,23H,5,7,9H2,1-2H3,(H2,22,24). The Bertz CT molecular complexity index is 908. The van der Waals surface area contributed by atoms with Crippen LogP contribution in [0.3, 0.4) is 0 Å². The van der Waals surface area contributed by atoms with Gasteiger partial charge in [0.2, 0.25) is 0 Å². The average molecular weight is 357 g/mol. The molecule has 0 aliphatic heterocycles. The number of primary amides is 1. The fraction of sp³-hybridized carbons (Fsp3) is 0.250. The molecule has 25 heavy (non-hydrogen) atoms. The number of nitrogens with two attached hydrogens (primary N) is 1. The predicted octanol–water partition coefficient (Wildman–Crippen LogP) is 4.55. The SMILES string of the molecule is Cc1cc(OCCCc2c(C(N)=O)[nH]c3ccccc23)cc(C)c1Cl. The molecule has 0 spiro atoms. The van der Waals surface area contributed by atoms with Gasteiger partial charge in [-0.2, -0.15) is 0 Å². The van der Waals surface area contributed by atoms with Gasteiger partial charge in [0.25, 0.3) is 5.91 Å². The second-order valence-corrected chi connectivity index (χ2v) is 6.59. The summed E-state index contributed by atoms with van der Waals surface area (Å²) in [7, 11) is 0. The number of aryl methyl sites for hydroxylation is 3. The van der Waals surface area contributed by atoms with Crippen molar-refractivity contribution in [1.29, 1.82) is 0 Å². The molecule has 130 valence electrons. The lowest BCUT2D eigenvalue weighted by Gasteiger charge is -2.10. The third-order valence-corrected chi connectivity index (χ3v) is 4.91. The number of hydrogen-bond donors (Lipinski definition) is 2. The summed E-state index contributed by atoms with van der Waals surface area (Å²) in [6.45, 7) is 4.48. The number of para-hydroxylation sites is 1. The van der Waals surface area contributed by atoms with Crippen molar-refractivity contribution in [3.05, 3.63) is 63.8 Å².